The largest absolute Gasteiger partial charge is 0.418 e. The Bertz CT molecular complexity index is 379. The van der Waals surface area contributed by atoms with Gasteiger partial charge in [0.2, 0.25) is 5.91 Å². The van der Waals surface area contributed by atoms with Crippen LogP contribution < -0.4 is 5.32 Å². The Morgan fingerprint density at radius 2 is 1.94 bits per heavy atom. The Labute approximate surface area is 95.4 Å². The van der Waals surface area contributed by atoms with Crippen LogP contribution in [0.3, 0.4) is 0 Å². The number of nitrogens with one attached hydrogen (secondary N) is 1. The molecule has 0 radical (unpaired) electrons. The van der Waals surface area contributed by atoms with E-state index in [2.05, 4.69) is 5.32 Å². The van der Waals surface area contributed by atoms with Crippen molar-refractivity contribution in [2.75, 3.05) is 11.2 Å². The van der Waals surface area contributed by atoms with E-state index in [9.17, 15) is 18.0 Å². The highest BCUT2D eigenvalue weighted by Gasteiger charge is 2.33. The number of para-hydroxylation sites is 1. The first kappa shape index (κ1) is 12.8. The van der Waals surface area contributed by atoms with Crippen molar-refractivity contribution in [2.24, 2.45) is 0 Å². The highest BCUT2D eigenvalue weighted by atomic mass is 35.5. The summed E-state index contributed by atoms with van der Waals surface area (Å²) in [7, 11) is 0. The fourth-order valence-electron chi connectivity index (χ4n) is 1.14. The second-order valence-electron chi connectivity index (χ2n) is 3.03. The Kier molecular flexibility index (Phi) is 4.18. The molecular formula is C10H9ClF3NO. The van der Waals surface area contributed by atoms with Gasteiger partial charge in [0.1, 0.15) is 0 Å². The van der Waals surface area contributed by atoms with Gasteiger partial charge in [-0.05, 0) is 12.1 Å². The summed E-state index contributed by atoms with van der Waals surface area (Å²) in [6, 6.07) is 4.80. The standard InChI is InChI=1S/C10H9ClF3NO/c11-6-5-9(16)15-8-4-2-1-3-7(8)10(12,13)14/h1-4H,5-6H2,(H,15,16). The lowest BCUT2D eigenvalue weighted by atomic mass is 10.1. The van der Waals surface area contributed by atoms with Crippen LogP contribution in [0.4, 0.5) is 18.9 Å². The van der Waals surface area contributed by atoms with E-state index in [1.165, 1.54) is 18.2 Å². The van der Waals surface area contributed by atoms with Crippen molar-refractivity contribution in [3.8, 4) is 0 Å². The summed E-state index contributed by atoms with van der Waals surface area (Å²) in [6.45, 7) is 0. The van der Waals surface area contributed by atoms with Crippen LogP contribution >= 0.6 is 11.6 Å². The zero-order valence-corrected chi connectivity index (χ0v) is 8.90. The number of anilines is 1. The molecule has 0 saturated heterocycles. The minimum atomic E-state index is -4.48. The zero-order valence-electron chi connectivity index (χ0n) is 8.14. The molecule has 1 aromatic carbocycles. The van der Waals surface area contributed by atoms with Gasteiger partial charge in [0.25, 0.3) is 0 Å². The first-order valence-corrected chi connectivity index (χ1v) is 5.00. The molecule has 0 saturated carbocycles. The van der Waals surface area contributed by atoms with Crippen molar-refractivity contribution < 1.29 is 18.0 Å². The number of benzene rings is 1. The SMILES string of the molecule is O=C(CCCl)Nc1ccccc1C(F)(F)F. The van der Waals surface area contributed by atoms with Gasteiger partial charge in [-0.1, -0.05) is 12.1 Å². The summed E-state index contributed by atoms with van der Waals surface area (Å²) in [5.41, 5.74) is -1.11. The topological polar surface area (TPSA) is 29.1 Å². The molecule has 88 valence electrons. The third-order valence-corrected chi connectivity index (χ3v) is 2.02. The highest BCUT2D eigenvalue weighted by molar-refractivity contribution is 6.19. The first-order chi connectivity index (χ1) is 7.45. The number of amides is 1. The van der Waals surface area contributed by atoms with Crippen LogP contribution in [0.1, 0.15) is 12.0 Å². The predicted molar refractivity (Wildman–Crippen MR) is 55.4 cm³/mol. The first-order valence-electron chi connectivity index (χ1n) is 4.47. The molecular weight excluding hydrogens is 243 g/mol. The maximum absolute atomic E-state index is 12.5. The minimum absolute atomic E-state index is 0.0201. The van der Waals surface area contributed by atoms with E-state index in [1.54, 1.807) is 0 Å². The van der Waals surface area contributed by atoms with Crippen LogP contribution in [0.5, 0.6) is 0 Å². The Morgan fingerprint density at radius 1 is 1.31 bits per heavy atom. The van der Waals surface area contributed by atoms with E-state index in [4.69, 9.17) is 11.6 Å². The summed E-state index contributed by atoms with van der Waals surface area (Å²) in [5.74, 6) is -0.466. The van der Waals surface area contributed by atoms with E-state index in [1.807, 2.05) is 0 Å². The normalized spacial score (nSPS) is 11.2. The fraction of sp³-hybridized carbons (Fsp3) is 0.300. The van der Waals surface area contributed by atoms with E-state index in [0.717, 1.165) is 6.07 Å². The third-order valence-electron chi connectivity index (χ3n) is 1.83. The second-order valence-corrected chi connectivity index (χ2v) is 3.41. The zero-order chi connectivity index (χ0) is 12.2. The molecule has 1 N–H and O–H groups in total. The van der Waals surface area contributed by atoms with Crippen molar-refractivity contribution in [3.63, 3.8) is 0 Å². The number of carbonyl (C=O) groups excluding carboxylic acids is 1. The van der Waals surface area contributed by atoms with E-state index in [0.29, 0.717) is 0 Å². The van der Waals surface area contributed by atoms with Crippen LogP contribution in [-0.2, 0) is 11.0 Å². The van der Waals surface area contributed by atoms with Crippen molar-refractivity contribution in [1.82, 2.24) is 0 Å². The molecule has 0 heterocycles. The van der Waals surface area contributed by atoms with Gasteiger partial charge in [-0.2, -0.15) is 13.2 Å². The number of rotatable bonds is 3. The van der Waals surface area contributed by atoms with Crippen LogP contribution in [0.25, 0.3) is 0 Å². The minimum Gasteiger partial charge on any atom is -0.325 e. The van der Waals surface area contributed by atoms with Gasteiger partial charge in [-0.3, -0.25) is 4.79 Å². The van der Waals surface area contributed by atoms with Gasteiger partial charge in [0, 0.05) is 12.3 Å². The molecule has 0 spiro atoms. The van der Waals surface area contributed by atoms with Gasteiger partial charge in [0.15, 0.2) is 0 Å². The Morgan fingerprint density at radius 3 is 2.50 bits per heavy atom. The van der Waals surface area contributed by atoms with Crippen molar-refractivity contribution in [2.45, 2.75) is 12.6 Å². The lowest BCUT2D eigenvalue weighted by molar-refractivity contribution is -0.137. The highest BCUT2D eigenvalue weighted by Crippen LogP contribution is 2.34. The Balaban J connectivity index is 2.92. The van der Waals surface area contributed by atoms with E-state index in [-0.39, 0.29) is 18.0 Å². The quantitative estimate of drug-likeness (QED) is 0.821. The van der Waals surface area contributed by atoms with Gasteiger partial charge in [0.05, 0.1) is 11.3 Å². The van der Waals surface area contributed by atoms with Crippen molar-refractivity contribution >= 4 is 23.2 Å². The van der Waals surface area contributed by atoms with Crippen LogP contribution in [0, 0.1) is 0 Å². The van der Waals surface area contributed by atoms with Crippen LogP contribution in [0.15, 0.2) is 24.3 Å². The molecule has 0 atom stereocenters. The molecule has 1 amide bonds. The monoisotopic (exact) mass is 251 g/mol. The summed E-state index contributed by atoms with van der Waals surface area (Å²) >= 11 is 5.31. The number of halogens is 4. The van der Waals surface area contributed by atoms with E-state index < -0.39 is 17.6 Å². The molecule has 0 fully saturated rings. The smallest absolute Gasteiger partial charge is 0.325 e. The number of hydrogen-bond acceptors (Lipinski definition) is 1. The van der Waals surface area contributed by atoms with Gasteiger partial charge < -0.3 is 5.32 Å². The number of carbonyl (C=O) groups is 1. The van der Waals surface area contributed by atoms with Crippen LogP contribution in [0.2, 0.25) is 0 Å². The molecule has 0 bridgehead atoms. The van der Waals surface area contributed by atoms with Crippen LogP contribution in [-0.4, -0.2) is 11.8 Å². The van der Waals surface area contributed by atoms with Crippen molar-refractivity contribution in [1.29, 1.82) is 0 Å². The van der Waals surface area contributed by atoms with Gasteiger partial charge >= 0.3 is 6.18 Å². The average Bonchev–Trinajstić information content (AvgIpc) is 2.17. The Hall–Kier alpha value is -1.23. The molecule has 0 aromatic heterocycles. The lowest BCUT2D eigenvalue weighted by Gasteiger charge is -2.12. The predicted octanol–water partition coefficient (Wildman–Crippen LogP) is 3.27. The summed E-state index contributed by atoms with van der Waals surface area (Å²) in [5, 5.41) is 2.17. The molecule has 2 nitrogen and oxygen atoms in total. The number of hydrogen-bond donors (Lipinski definition) is 1. The molecule has 16 heavy (non-hydrogen) atoms. The third kappa shape index (κ3) is 3.41. The molecule has 0 aliphatic carbocycles. The summed E-state index contributed by atoms with van der Waals surface area (Å²) < 4.78 is 37.5. The molecule has 1 rings (SSSR count). The second kappa shape index (κ2) is 5.21. The van der Waals surface area contributed by atoms with Gasteiger partial charge in [-0.15, -0.1) is 11.6 Å². The van der Waals surface area contributed by atoms with Crippen molar-refractivity contribution in [3.05, 3.63) is 29.8 Å². The molecule has 0 aliphatic heterocycles. The summed E-state index contributed by atoms with van der Waals surface area (Å²) in [4.78, 5) is 11.1. The molecule has 0 aliphatic rings. The lowest BCUT2D eigenvalue weighted by Crippen LogP contribution is -2.16. The van der Waals surface area contributed by atoms with E-state index >= 15 is 0 Å². The molecule has 0 unspecified atom stereocenters. The summed E-state index contributed by atoms with van der Waals surface area (Å²) in [6.07, 6.45) is -4.50. The maximum Gasteiger partial charge on any atom is 0.418 e. The maximum atomic E-state index is 12.5. The average molecular weight is 252 g/mol. The fourth-order valence-corrected chi connectivity index (χ4v) is 1.31. The van der Waals surface area contributed by atoms with Gasteiger partial charge in [-0.25, -0.2) is 0 Å². The number of alkyl halides is 4. The molecule has 1 aromatic rings. The molecule has 6 heteroatoms.